The largest absolute Gasteiger partial charge is 0.321 e. The van der Waals surface area contributed by atoms with Crippen molar-refractivity contribution in [1.82, 2.24) is 9.59 Å². The van der Waals surface area contributed by atoms with Gasteiger partial charge in [0, 0.05) is 16.4 Å². The first kappa shape index (κ1) is 13.9. The quantitative estimate of drug-likeness (QED) is 0.875. The van der Waals surface area contributed by atoms with Gasteiger partial charge in [-0.3, -0.25) is 4.79 Å². The first-order chi connectivity index (χ1) is 8.88. The van der Waals surface area contributed by atoms with Crippen molar-refractivity contribution in [2.24, 2.45) is 0 Å². The molecule has 2 aromatic rings. The zero-order valence-electron chi connectivity index (χ0n) is 9.62. The molecule has 0 aliphatic carbocycles. The van der Waals surface area contributed by atoms with Crippen molar-refractivity contribution in [3.8, 4) is 0 Å². The Bertz CT molecular complexity index is 710. The molecule has 0 aliphatic rings. The molecule has 9 heteroatoms. The van der Waals surface area contributed by atoms with Crippen molar-refractivity contribution in [1.29, 1.82) is 0 Å². The van der Waals surface area contributed by atoms with Crippen LogP contribution in [0, 0.1) is 6.92 Å². The van der Waals surface area contributed by atoms with Gasteiger partial charge in [0.1, 0.15) is 4.88 Å². The van der Waals surface area contributed by atoms with E-state index in [4.69, 9.17) is 10.7 Å². The van der Waals surface area contributed by atoms with Crippen molar-refractivity contribution in [3.63, 3.8) is 0 Å². The Balaban J connectivity index is 2.17. The number of rotatable bonds is 3. The molecule has 0 saturated carbocycles. The maximum absolute atomic E-state index is 11.9. The van der Waals surface area contributed by atoms with Crippen LogP contribution in [0.1, 0.15) is 15.4 Å². The lowest BCUT2D eigenvalue weighted by Gasteiger charge is -2.04. The van der Waals surface area contributed by atoms with E-state index in [2.05, 4.69) is 14.9 Å². The number of hydrogen-bond donors (Lipinski definition) is 1. The Hall–Kier alpha value is -1.51. The van der Waals surface area contributed by atoms with Crippen molar-refractivity contribution in [2.45, 2.75) is 11.8 Å². The van der Waals surface area contributed by atoms with Crippen LogP contribution in [-0.4, -0.2) is 23.9 Å². The third kappa shape index (κ3) is 3.28. The standard InChI is InChI=1S/C10H8ClN3O3S2/c1-6-9(18-14-13-6)10(15)12-7-2-4-8(5-3-7)19(11,16)17/h2-5H,1H3,(H,12,15). The number of aromatic nitrogens is 2. The summed E-state index contributed by atoms with van der Waals surface area (Å²) in [4.78, 5) is 12.2. The molecule has 0 unspecified atom stereocenters. The van der Waals surface area contributed by atoms with Crippen LogP contribution in [-0.2, 0) is 9.05 Å². The fourth-order valence-corrected chi connectivity index (χ4v) is 2.65. The maximum Gasteiger partial charge on any atom is 0.269 e. The van der Waals surface area contributed by atoms with Gasteiger partial charge in [-0.15, -0.1) is 5.10 Å². The SMILES string of the molecule is Cc1nnsc1C(=O)Nc1ccc(S(=O)(=O)Cl)cc1. The smallest absolute Gasteiger partial charge is 0.269 e. The van der Waals surface area contributed by atoms with Gasteiger partial charge in [0.05, 0.1) is 10.6 Å². The molecule has 1 N–H and O–H groups in total. The summed E-state index contributed by atoms with van der Waals surface area (Å²) in [6.45, 7) is 1.68. The van der Waals surface area contributed by atoms with Gasteiger partial charge in [-0.1, -0.05) is 4.49 Å². The maximum atomic E-state index is 11.9. The Kier molecular flexibility index (Phi) is 3.83. The van der Waals surface area contributed by atoms with E-state index in [1.54, 1.807) is 6.92 Å². The van der Waals surface area contributed by atoms with Crippen LogP contribution in [0.5, 0.6) is 0 Å². The molecule has 0 radical (unpaired) electrons. The fraction of sp³-hybridized carbons (Fsp3) is 0.100. The van der Waals surface area contributed by atoms with Crippen LogP contribution in [0.4, 0.5) is 5.69 Å². The lowest BCUT2D eigenvalue weighted by Crippen LogP contribution is -2.11. The molecule has 100 valence electrons. The minimum absolute atomic E-state index is 0.0252. The number of carbonyl (C=O) groups excluding carboxylic acids is 1. The Morgan fingerprint density at radius 2 is 1.95 bits per heavy atom. The second-order valence-corrected chi connectivity index (χ2v) is 6.92. The summed E-state index contributed by atoms with van der Waals surface area (Å²) in [6.07, 6.45) is 0. The summed E-state index contributed by atoms with van der Waals surface area (Å²) in [6, 6.07) is 5.54. The van der Waals surface area contributed by atoms with E-state index >= 15 is 0 Å². The molecular formula is C10H8ClN3O3S2. The molecule has 6 nitrogen and oxygen atoms in total. The van der Waals surface area contributed by atoms with Crippen molar-refractivity contribution < 1.29 is 13.2 Å². The summed E-state index contributed by atoms with van der Waals surface area (Å²) in [5, 5.41) is 6.35. The average Bonchev–Trinajstić information content (AvgIpc) is 2.75. The second kappa shape index (κ2) is 5.24. The van der Waals surface area contributed by atoms with Crippen LogP contribution < -0.4 is 5.32 Å². The molecule has 0 bridgehead atoms. The highest BCUT2D eigenvalue weighted by Crippen LogP contribution is 2.19. The third-order valence-corrected chi connectivity index (χ3v) is 4.45. The molecule has 1 aromatic heterocycles. The second-order valence-electron chi connectivity index (χ2n) is 3.60. The molecule has 0 atom stereocenters. The van der Waals surface area contributed by atoms with E-state index in [-0.39, 0.29) is 10.8 Å². The predicted octanol–water partition coefficient (Wildman–Crippen LogP) is 2.03. The van der Waals surface area contributed by atoms with Crippen molar-refractivity contribution in [2.75, 3.05) is 5.32 Å². The minimum atomic E-state index is -3.76. The number of amides is 1. The fourth-order valence-electron chi connectivity index (χ4n) is 1.33. The van der Waals surface area contributed by atoms with Gasteiger partial charge >= 0.3 is 0 Å². The zero-order valence-corrected chi connectivity index (χ0v) is 12.0. The molecule has 0 spiro atoms. The summed E-state index contributed by atoms with van der Waals surface area (Å²) >= 11 is 0.994. The number of hydrogen-bond acceptors (Lipinski definition) is 6. The van der Waals surface area contributed by atoms with E-state index in [9.17, 15) is 13.2 Å². The predicted molar refractivity (Wildman–Crippen MR) is 72.1 cm³/mol. The lowest BCUT2D eigenvalue weighted by atomic mass is 10.3. The van der Waals surface area contributed by atoms with Gasteiger partial charge < -0.3 is 5.32 Å². The van der Waals surface area contributed by atoms with Crippen LogP contribution in [0.3, 0.4) is 0 Å². The minimum Gasteiger partial charge on any atom is -0.321 e. The number of anilines is 1. The normalized spacial score (nSPS) is 11.3. The van der Waals surface area contributed by atoms with Crippen LogP contribution in [0.25, 0.3) is 0 Å². The topological polar surface area (TPSA) is 89.0 Å². The highest BCUT2D eigenvalue weighted by molar-refractivity contribution is 8.13. The lowest BCUT2D eigenvalue weighted by molar-refractivity contribution is 0.103. The number of carbonyl (C=O) groups is 1. The van der Waals surface area contributed by atoms with E-state index in [0.29, 0.717) is 16.3 Å². The monoisotopic (exact) mass is 317 g/mol. The molecule has 0 fully saturated rings. The average molecular weight is 318 g/mol. The summed E-state index contributed by atoms with van der Waals surface area (Å²) < 4.78 is 25.8. The van der Waals surface area contributed by atoms with Gasteiger partial charge in [0.15, 0.2) is 0 Å². The third-order valence-electron chi connectivity index (χ3n) is 2.25. The molecule has 1 amide bonds. The van der Waals surface area contributed by atoms with E-state index in [0.717, 1.165) is 11.5 Å². The Morgan fingerprint density at radius 1 is 1.32 bits per heavy atom. The number of nitrogens with one attached hydrogen (secondary N) is 1. The van der Waals surface area contributed by atoms with Crippen LogP contribution in [0.2, 0.25) is 0 Å². The van der Waals surface area contributed by atoms with Gasteiger partial charge in [-0.2, -0.15) is 0 Å². The molecular weight excluding hydrogens is 310 g/mol. The highest BCUT2D eigenvalue weighted by atomic mass is 35.7. The number of benzene rings is 1. The molecule has 2 rings (SSSR count). The summed E-state index contributed by atoms with van der Waals surface area (Å²) in [7, 11) is 1.43. The molecule has 1 aromatic carbocycles. The van der Waals surface area contributed by atoms with E-state index in [1.807, 2.05) is 0 Å². The Labute approximate surface area is 118 Å². The van der Waals surface area contributed by atoms with Gasteiger partial charge in [-0.25, -0.2) is 8.42 Å². The zero-order chi connectivity index (χ0) is 14.0. The number of aryl methyl sites for hydroxylation is 1. The molecule has 0 saturated heterocycles. The van der Waals surface area contributed by atoms with E-state index in [1.165, 1.54) is 24.3 Å². The van der Waals surface area contributed by atoms with Gasteiger partial charge in [0.2, 0.25) is 0 Å². The van der Waals surface area contributed by atoms with Crippen molar-refractivity contribution >= 4 is 42.9 Å². The van der Waals surface area contributed by atoms with E-state index < -0.39 is 9.05 Å². The van der Waals surface area contributed by atoms with Gasteiger partial charge in [0.25, 0.3) is 15.0 Å². The summed E-state index contributed by atoms with van der Waals surface area (Å²) in [5.41, 5.74) is 1.00. The Morgan fingerprint density at radius 3 is 2.42 bits per heavy atom. The number of nitrogens with zero attached hydrogens (tertiary/aromatic N) is 2. The van der Waals surface area contributed by atoms with Crippen LogP contribution in [0.15, 0.2) is 29.2 Å². The molecule has 19 heavy (non-hydrogen) atoms. The molecule has 0 aliphatic heterocycles. The van der Waals surface area contributed by atoms with Crippen LogP contribution >= 0.6 is 22.2 Å². The highest BCUT2D eigenvalue weighted by Gasteiger charge is 2.14. The number of halogens is 1. The first-order valence-corrected chi connectivity index (χ1v) is 8.11. The first-order valence-electron chi connectivity index (χ1n) is 5.03. The summed E-state index contributed by atoms with van der Waals surface area (Å²) in [5.74, 6) is -0.339. The van der Waals surface area contributed by atoms with Crippen molar-refractivity contribution in [3.05, 3.63) is 34.8 Å². The molecule has 1 heterocycles. The van der Waals surface area contributed by atoms with Gasteiger partial charge in [-0.05, 0) is 42.7 Å².